The molecule has 0 saturated carbocycles. The van der Waals surface area contributed by atoms with E-state index >= 15 is 0 Å². The van der Waals surface area contributed by atoms with Crippen LogP contribution in [0.2, 0.25) is 0 Å². The molecule has 6 heteroatoms. The van der Waals surface area contributed by atoms with Crippen molar-refractivity contribution in [1.82, 2.24) is 19.8 Å². The van der Waals surface area contributed by atoms with Gasteiger partial charge in [0.05, 0.1) is 11.4 Å². The second kappa shape index (κ2) is 6.32. The molecule has 0 aliphatic carbocycles. The van der Waals surface area contributed by atoms with Crippen LogP contribution in [-0.2, 0) is 13.1 Å². The topological polar surface area (TPSA) is 45.4 Å². The molecule has 1 aliphatic rings. The lowest BCUT2D eigenvalue weighted by atomic mass is 10.2. The van der Waals surface area contributed by atoms with Gasteiger partial charge in [-0.25, -0.2) is 9.37 Å². The molecule has 5 nitrogen and oxygen atoms in total. The number of oxazole rings is 1. The summed E-state index contributed by atoms with van der Waals surface area (Å²) in [6, 6.07) is 3.09. The second-order valence-corrected chi connectivity index (χ2v) is 5.34. The Morgan fingerprint density at radius 2 is 1.90 bits per heavy atom. The molecule has 3 heterocycles. The monoisotopic (exact) mass is 290 g/mol. The quantitative estimate of drug-likeness (QED) is 0.859. The Hall–Kier alpha value is -1.79. The summed E-state index contributed by atoms with van der Waals surface area (Å²) in [5.74, 6) is 0.479. The number of nitrogens with zero attached hydrogens (tertiary/aromatic N) is 4. The van der Waals surface area contributed by atoms with E-state index in [4.69, 9.17) is 4.42 Å². The lowest BCUT2D eigenvalue weighted by molar-refractivity contribution is 0.119. The van der Waals surface area contributed by atoms with Gasteiger partial charge in [-0.05, 0) is 12.1 Å². The smallest absolute Gasteiger partial charge is 0.191 e. The number of piperazine rings is 1. The van der Waals surface area contributed by atoms with Crippen LogP contribution in [-0.4, -0.2) is 45.9 Å². The Labute approximate surface area is 123 Å². The van der Waals surface area contributed by atoms with Crippen LogP contribution in [0.3, 0.4) is 0 Å². The fourth-order valence-corrected chi connectivity index (χ4v) is 2.56. The van der Waals surface area contributed by atoms with Crippen LogP contribution in [0, 0.1) is 12.7 Å². The van der Waals surface area contributed by atoms with E-state index in [2.05, 4.69) is 19.8 Å². The van der Waals surface area contributed by atoms with Crippen LogP contribution in [0.1, 0.15) is 17.3 Å². The number of hydrogen-bond donors (Lipinski definition) is 0. The highest BCUT2D eigenvalue weighted by atomic mass is 19.1. The molecule has 0 amide bonds. The molecular formula is C15H19FN4O. The summed E-state index contributed by atoms with van der Waals surface area (Å²) in [7, 11) is 0. The lowest BCUT2D eigenvalue weighted by Crippen LogP contribution is -2.45. The van der Waals surface area contributed by atoms with Gasteiger partial charge in [-0.3, -0.25) is 14.8 Å². The Balaban J connectivity index is 1.50. The van der Waals surface area contributed by atoms with Crippen LogP contribution >= 0.6 is 0 Å². The summed E-state index contributed by atoms with van der Waals surface area (Å²) < 4.78 is 18.8. The normalized spacial score (nSPS) is 17.2. The van der Waals surface area contributed by atoms with Gasteiger partial charge in [0.25, 0.3) is 0 Å². The standard InChI is InChI=1S/C15H19FN4O/c1-12-18-13(11-21-12)9-19-5-7-20(8-6-19)10-15-14(16)3-2-4-17-15/h2-4,11H,5-10H2,1H3. The first-order valence-corrected chi connectivity index (χ1v) is 7.16. The molecule has 1 aliphatic heterocycles. The zero-order valence-electron chi connectivity index (χ0n) is 12.1. The highest BCUT2D eigenvalue weighted by Crippen LogP contribution is 2.12. The van der Waals surface area contributed by atoms with Gasteiger partial charge >= 0.3 is 0 Å². The number of hydrogen-bond acceptors (Lipinski definition) is 5. The highest BCUT2D eigenvalue weighted by Gasteiger charge is 2.19. The molecule has 0 atom stereocenters. The van der Waals surface area contributed by atoms with E-state index in [1.807, 2.05) is 6.92 Å². The summed E-state index contributed by atoms with van der Waals surface area (Å²) in [5, 5.41) is 0. The van der Waals surface area contributed by atoms with Gasteiger partial charge in [0.1, 0.15) is 12.1 Å². The van der Waals surface area contributed by atoms with E-state index in [1.165, 1.54) is 6.07 Å². The molecule has 0 spiro atoms. The van der Waals surface area contributed by atoms with Crippen molar-refractivity contribution in [3.8, 4) is 0 Å². The molecule has 21 heavy (non-hydrogen) atoms. The van der Waals surface area contributed by atoms with Crippen LogP contribution in [0.4, 0.5) is 4.39 Å². The third-order valence-corrected chi connectivity index (χ3v) is 3.73. The Morgan fingerprint density at radius 1 is 1.19 bits per heavy atom. The number of halogens is 1. The van der Waals surface area contributed by atoms with E-state index in [9.17, 15) is 4.39 Å². The summed E-state index contributed by atoms with van der Waals surface area (Å²) >= 11 is 0. The highest BCUT2D eigenvalue weighted by molar-refractivity contribution is 5.07. The first kappa shape index (κ1) is 14.2. The Bertz CT molecular complexity index is 593. The molecule has 2 aromatic heterocycles. The third-order valence-electron chi connectivity index (χ3n) is 3.73. The molecule has 0 N–H and O–H groups in total. The minimum absolute atomic E-state index is 0.224. The fourth-order valence-electron chi connectivity index (χ4n) is 2.56. The van der Waals surface area contributed by atoms with Crippen molar-refractivity contribution in [1.29, 1.82) is 0 Å². The third kappa shape index (κ3) is 3.65. The minimum atomic E-state index is -0.224. The van der Waals surface area contributed by atoms with Crippen molar-refractivity contribution >= 4 is 0 Å². The molecule has 1 saturated heterocycles. The maximum absolute atomic E-state index is 13.6. The second-order valence-electron chi connectivity index (χ2n) is 5.34. The molecular weight excluding hydrogens is 271 g/mol. The van der Waals surface area contributed by atoms with Gasteiger partial charge in [0, 0.05) is 52.4 Å². The minimum Gasteiger partial charge on any atom is -0.449 e. The van der Waals surface area contributed by atoms with Crippen LogP contribution in [0.5, 0.6) is 0 Å². The van der Waals surface area contributed by atoms with Gasteiger partial charge in [0.15, 0.2) is 5.89 Å². The van der Waals surface area contributed by atoms with Crippen molar-refractivity contribution in [2.24, 2.45) is 0 Å². The first-order valence-electron chi connectivity index (χ1n) is 7.16. The molecule has 1 fully saturated rings. The maximum Gasteiger partial charge on any atom is 0.191 e. The van der Waals surface area contributed by atoms with Crippen molar-refractivity contribution in [3.05, 3.63) is 47.7 Å². The molecule has 2 aromatic rings. The molecule has 0 bridgehead atoms. The molecule has 0 aromatic carbocycles. The van der Waals surface area contributed by atoms with E-state index in [1.54, 1.807) is 18.5 Å². The van der Waals surface area contributed by atoms with E-state index in [0.29, 0.717) is 18.1 Å². The van der Waals surface area contributed by atoms with Crippen molar-refractivity contribution < 1.29 is 8.81 Å². The first-order chi connectivity index (χ1) is 10.2. The van der Waals surface area contributed by atoms with Crippen LogP contribution < -0.4 is 0 Å². The molecule has 0 radical (unpaired) electrons. The van der Waals surface area contributed by atoms with Gasteiger partial charge in [-0.2, -0.15) is 0 Å². The van der Waals surface area contributed by atoms with Gasteiger partial charge < -0.3 is 4.42 Å². The number of aromatic nitrogens is 2. The van der Waals surface area contributed by atoms with Gasteiger partial charge in [-0.1, -0.05) is 0 Å². The molecule has 112 valence electrons. The number of pyridine rings is 1. The SMILES string of the molecule is Cc1nc(CN2CCN(Cc3ncccc3F)CC2)co1. The lowest BCUT2D eigenvalue weighted by Gasteiger charge is -2.34. The molecule has 3 rings (SSSR count). The van der Waals surface area contributed by atoms with E-state index < -0.39 is 0 Å². The van der Waals surface area contributed by atoms with Gasteiger partial charge in [-0.15, -0.1) is 0 Å². The summed E-state index contributed by atoms with van der Waals surface area (Å²) in [5.41, 5.74) is 1.50. The Kier molecular flexibility index (Phi) is 4.26. The van der Waals surface area contributed by atoms with Crippen LogP contribution in [0.25, 0.3) is 0 Å². The number of aryl methyl sites for hydroxylation is 1. The molecule has 0 unspecified atom stereocenters. The van der Waals surface area contributed by atoms with Crippen molar-refractivity contribution in [2.75, 3.05) is 26.2 Å². The van der Waals surface area contributed by atoms with Crippen molar-refractivity contribution in [3.63, 3.8) is 0 Å². The zero-order chi connectivity index (χ0) is 14.7. The number of rotatable bonds is 4. The maximum atomic E-state index is 13.6. The summed E-state index contributed by atoms with van der Waals surface area (Å²) in [6.07, 6.45) is 3.35. The Morgan fingerprint density at radius 3 is 2.52 bits per heavy atom. The fraction of sp³-hybridized carbons (Fsp3) is 0.467. The van der Waals surface area contributed by atoms with Crippen molar-refractivity contribution in [2.45, 2.75) is 20.0 Å². The summed E-state index contributed by atoms with van der Waals surface area (Å²) in [6.45, 7) is 6.94. The zero-order valence-corrected chi connectivity index (χ0v) is 12.1. The summed E-state index contributed by atoms with van der Waals surface area (Å²) in [4.78, 5) is 13.0. The average molecular weight is 290 g/mol. The predicted octanol–water partition coefficient (Wildman–Crippen LogP) is 1.83. The van der Waals surface area contributed by atoms with E-state index in [0.717, 1.165) is 38.4 Å². The average Bonchev–Trinajstić information content (AvgIpc) is 2.89. The van der Waals surface area contributed by atoms with Crippen LogP contribution in [0.15, 0.2) is 29.0 Å². The van der Waals surface area contributed by atoms with Gasteiger partial charge in [0.2, 0.25) is 0 Å². The van der Waals surface area contributed by atoms with E-state index in [-0.39, 0.29) is 5.82 Å². The largest absolute Gasteiger partial charge is 0.449 e. The predicted molar refractivity (Wildman–Crippen MR) is 76.0 cm³/mol.